The molecule has 0 nitrogen and oxygen atoms in total. The van der Waals surface area contributed by atoms with Crippen LogP contribution in [0.25, 0.3) is 0 Å². The van der Waals surface area contributed by atoms with Crippen LogP contribution in [-0.2, 0) is 12.8 Å². The normalized spacial score (nSPS) is 10.1. The maximum absolute atomic E-state index is 3.97. The second kappa shape index (κ2) is 76.7. The second-order valence-electron chi connectivity index (χ2n) is 12.2. The van der Waals surface area contributed by atoms with Crippen LogP contribution in [0.15, 0.2) is 65.2 Å². The molecule has 1 aromatic carbocycles. The van der Waals surface area contributed by atoms with E-state index < -0.39 is 0 Å². The molecule has 0 aromatic heterocycles. The molecular formula is C52H109PS. The van der Waals surface area contributed by atoms with Gasteiger partial charge in [-0.3, -0.25) is 0 Å². The van der Waals surface area contributed by atoms with Crippen molar-refractivity contribution in [3.05, 3.63) is 76.3 Å². The Morgan fingerprint density at radius 3 is 1.37 bits per heavy atom. The molecule has 0 spiro atoms. The first kappa shape index (κ1) is 74.0. The highest BCUT2D eigenvalue weighted by atomic mass is 32.1. The Bertz CT molecular complexity index is 799. The molecule has 2 unspecified atom stereocenters. The molecular weight excluding hydrogens is 688 g/mol. The van der Waals surface area contributed by atoms with Gasteiger partial charge in [-0.15, -0.1) is 5.73 Å². The summed E-state index contributed by atoms with van der Waals surface area (Å²) in [4.78, 5) is 0. The van der Waals surface area contributed by atoms with Crippen LogP contribution in [0.3, 0.4) is 0 Å². The standard InChI is InChI=1S/C10H19P.C10H14.C9H16.C7H16.C5H12.C3H8S.4C2H6/c1-5-7-9(3)8-10(6-2)11-4;1-3-9-6-5-7-10(4-2)8-9;1-4-7-8-9(5-2)6-3;1-4-6-7(3)5-2;1-3-5-4-2;1-3(2)4;4*1-2/h6-7,11H,5,8H2,1-4H3;5-8H,3-4H2,1-2H3;4,8-9H,5-6H2,1-3H3;7H,4-6H2,1-3H3;3-5H2,1-2H3;3-4H,1-2H3;4*1-2H3/b9-7?,10-6-;;;;;;;;;. The van der Waals surface area contributed by atoms with Gasteiger partial charge in [0.05, 0.1) is 0 Å². The highest BCUT2D eigenvalue weighted by Gasteiger charge is 1.95. The van der Waals surface area contributed by atoms with E-state index in [4.69, 9.17) is 0 Å². The molecule has 0 aliphatic rings. The van der Waals surface area contributed by atoms with Gasteiger partial charge in [-0.2, -0.15) is 12.6 Å². The predicted molar refractivity (Wildman–Crippen MR) is 273 cm³/mol. The Morgan fingerprint density at radius 1 is 0.722 bits per heavy atom. The summed E-state index contributed by atoms with van der Waals surface area (Å²) in [5, 5.41) is 2.10. The number of allylic oxidation sites excluding steroid dienone is 5. The van der Waals surface area contributed by atoms with Crippen molar-refractivity contribution < 1.29 is 0 Å². The zero-order valence-corrected chi connectivity index (χ0v) is 44.2. The van der Waals surface area contributed by atoms with Gasteiger partial charge in [-0.25, -0.2) is 0 Å². The molecule has 2 heteroatoms. The van der Waals surface area contributed by atoms with Crippen molar-refractivity contribution in [2.75, 3.05) is 6.66 Å². The minimum absolute atomic E-state index is 0.528. The van der Waals surface area contributed by atoms with Crippen molar-refractivity contribution in [3.8, 4) is 0 Å². The number of unbranched alkanes of at least 4 members (excludes halogenated alkanes) is 2. The van der Waals surface area contributed by atoms with Crippen molar-refractivity contribution in [1.82, 2.24) is 0 Å². The summed E-state index contributed by atoms with van der Waals surface area (Å²) in [5.41, 5.74) is 7.50. The molecule has 54 heavy (non-hydrogen) atoms. The van der Waals surface area contributed by atoms with Gasteiger partial charge in [0.1, 0.15) is 0 Å². The summed E-state index contributed by atoms with van der Waals surface area (Å²) >= 11 is 3.97. The lowest BCUT2D eigenvalue weighted by Gasteiger charge is -2.03. The smallest absolute Gasteiger partial charge is 0.00399 e. The molecule has 0 N–H and O–H groups in total. The molecule has 0 aliphatic heterocycles. The van der Waals surface area contributed by atoms with Crippen LogP contribution in [0.2, 0.25) is 0 Å². The summed E-state index contributed by atoms with van der Waals surface area (Å²) in [6.45, 7) is 50.9. The van der Waals surface area contributed by atoms with Gasteiger partial charge >= 0.3 is 0 Å². The number of benzene rings is 1. The van der Waals surface area contributed by atoms with E-state index in [-0.39, 0.29) is 0 Å². The molecule has 2 atom stereocenters. The quantitative estimate of drug-likeness (QED) is 0.0824. The van der Waals surface area contributed by atoms with Crippen molar-refractivity contribution in [1.29, 1.82) is 0 Å². The summed E-state index contributed by atoms with van der Waals surface area (Å²) in [5.74, 6) is 1.69. The van der Waals surface area contributed by atoms with Crippen LogP contribution < -0.4 is 0 Å². The van der Waals surface area contributed by atoms with Gasteiger partial charge < -0.3 is 0 Å². The van der Waals surface area contributed by atoms with E-state index in [1.54, 1.807) is 5.31 Å². The molecule has 0 bridgehead atoms. The SMILES string of the molecule is C/C=C(/CC(C)=CCC)PC.CC.CC.CC.CC.CC(C)S.CC=C=CC(CC)CC.CCCC(C)CC.CCCCC.CCc1cccc(CC)c1. The lowest BCUT2D eigenvalue weighted by molar-refractivity contribution is 0.509. The zero-order valence-electron chi connectivity index (χ0n) is 42.3. The Kier molecular flexibility index (Phi) is 105. The van der Waals surface area contributed by atoms with Crippen molar-refractivity contribution in [2.24, 2.45) is 11.8 Å². The maximum Gasteiger partial charge on any atom is -0.00399 e. The van der Waals surface area contributed by atoms with Crippen molar-refractivity contribution in [3.63, 3.8) is 0 Å². The van der Waals surface area contributed by atoms with E-state index in [0.717, 1.165) is 39.7 Å². The van der Waals surface area contributed by atoms with E-state index in [9.17, 15) is 0 Å². The molecule has 328 valence electrons. The molecule has 0 saturated heterocycles. The lowest BCUT2D eigenvalue weighted by atomic mass is 10.0. The van der Waals surface area contributed by atoms with Gasteiger partial charge in [0.25, 0.3) is 0 Å². The minimum atomic E-state index is 0.528. The molecule has 1 aromatic rings. The Balaban J connectivity index is -0.0000000632. The number of aryl methyl sites for hydroxylation is 2. The van der Waals surface area contributed by atoms with Gasteiger partial charge in [-0.05, 0) is 112 Å². The summed E-state index contributed by atoms with van der Waals surface area (Å²) in [6.07, 6.45) is 23.9. The van der Waals surface area contributed by atoms with E-state index in [1.165, 1.54) is 74.5 Å². The number of rotatable bonds is 14. The third-order valence-electron chi connectivity index (χ3n) is 7.23. The van der Waals surface area contributed by atoms with Crippen molar-refractivity contribution in [2.45, 2.75) is 242 Å². The first-order valence-corrected chi connectivity index (χ1v) is 25.0. The molecule has 0 heterocycles. The van der Waals surface area contributed by atoms with Gasteiger partial charge in [0.15, 0.2) is 0 Å². The van der Waals surface area contributed by atoms with Crippen molar-refractivity contribution >= 4 is 21.2 Å². The Hall–Kier alpha value is -1.00. The first-order chi connectivity index (χ1) is 25.9. The third kappa shape index (κ3) is 83.8. The molecule has 1 rings (SSSR count). The van der Waals surface area contributed by atoms with Gasteiger partial charge in [0, 0.05) is 0 Å². The predicted octanol–water partition coefficient (Wildman–Crippen LogP) is 20.4. The number of hydrogen-bond acceptors (Lipinski definition) is 1. The average molecular weight is 797 g/mol. The van der Waals surface area contributed by atoms with Crippen LogP contribution >= 0.6 is 21.2 Å². The Morgan fingerprint density at radius 2 is 1.15 bits per heavy atom. The monoisotopic (exact) mass is 797 g/mol. The van der Waals surface area contributed by atoms with Crippen LogP contribution in [0.4, 0.5) is 0 Å². The van der Waals surface area contributed by atoms with Crippen LogP contribution in [0, 0.1) is 11.8 Å². The molecule has 0 fully saturated rings. The topological polar surface area (TPSA) is 0 Å². The average Bonchev–Trinajstić information content (AvgIpc) is 3.21. The molecule has 0 radical (unpaired) electrons. The molecule has 0 saturated carbocycles. The second-order valence-corrected chi connectivity index (χ2v) is 14.3. The summed E-state index contributed by atoms with van der Waals surface area (Å²) < 4.78 is 0. The summed E-state index contributed by atoms with van der Waals surface area (Å²) in [6, 6.07) is 8.77. The van der Waals surface area contributed by atoms with Crippen LogP contribution in [0.1, 0.15) is 235 Å². The lowest BCUT2D eigenvalue weighted by Crippen LogP contribution is -1.88. The Labute approximate surface area is 356 Å². The fraction of sp³-hybridized carbons (Fsp3) is 0.750. The first-order valence-electron chi connectivity index (χ1n) is 23.0. The maximum atomic E-state index is 3.97. The van der Waals surface area contributed by atoms with Gasteiger partial charge in [-0.1, -0.05) is 228 Å². The fourth-order valence-electron chi connectivity index (χ4n) is 3.93. The number of thiol groups is 1. The minimum Gasteiger partial charge on any atom is -0.177 e. The molecule has 0 amide bonds. The summed E-state index contributed by atoms with van der Waals surface area (Å²) in [7, 11) is 0.966. The highest BCUT2D eigenvalue weighted by Crippen LogP contribution is 2.25. The fourth-order valence-corrected chi connectivity index (χ4v) is 4.68. The van der Waals surface area contributed by atoms with Crippen LogP contribution in [-0.4, -0.2) is 11.9 Å². The highest BCUT2D eigenvalue weighted by molar-refractivity contribution is 7.80. The van der Waals surface area contributed by atoms with Gasteiger partial charge in [0.2, 0.25) is 0 Å². The zero-order chi connectivity index (χ0) is 44.6. The number of hydrogen-bond donors (Lipinski definition) is 1. The van der Waals surface area contributed by atoms with E-state index in [2.05, 4.69) is 151 Å². The van der Waals surface area contributed by atoms with E-state index in [1.807, 2.05) is 82.2 Å². The third-order valence-corrected chi connectivity index (χ3v) is 8.34. The largest absolute Gasteiger partial charge is 0.177 e. The van der Waals surface area contributed by atoms with Crippen LogP contribution in [0.5, 0.6) is 0 Å². The van der Waals surface area contributed by atoms with E-state index >= 15 is 0 Å². The molecule has 0 aliphatic carbocycles. The van der Waals surface area contributed by atoms with E-state index in [0.29, 0.717) is 5.25 Å².